The van der Waals surface area contributed by atoms with Gasteiger partial charge in [0.25, 0.3) is 5.91 Å². The summed E-state index contributed by atoms with van der Waals surface area (Å²) < 4.78 is 7.08. The van der Waals surface area contributed by atoms with E-state index < -0.39 is 0 Å². The number of aromatic nitrogens is 4. The first-order chi connectivity index (χ1) is 10.7. The van der Waals surface area contributed by atoms with E-state index in [1.165, 1.54) is 0 Å². The van der Waals surface area contributed by atoms with Crippen LogP contribution in [-0.4, -0.2) is 25.9 Å². The molecular weight excluding hydrogens is 282 g/mol. The van der Waals surface area contributed by atoms with Gasteiger partial charge in [0.05, 0.1) is 5.69 Å². The highest BCUT2D eigenvalue weighted by Crippen LogP contribution is 2.19. The zero-order valence-electron chi connectivity index (χ0n) is 12.3. The van der Waals surface area contributed by atoms with E-state index in [4.69, 9.17) is 4.42 Å². The molecule has 1 N–H and O–H groups in total. The summed E-state index contributed by atoms with van der Waals surface area (Å²) in [5, 5.41) is 14.6. The molecule has 0 fully saturated rings. The van der Waals surface area contributed by atoms with Crippen molar-refractivity contribution in [1.29, 1.82) is 0 Å². The number of nitrogens with zero attached hydrogens (tertiary/aromatic N) is 4. The quantitative estimate of drug-likeness (QED) is 0.799. The minimum absolute atomic E-state index is 0.0605. The van der Waals surface area contributed by atoms with Gasteiger partial charge in [-0.15, -0.1) is 5.10 Å². The van der Waals surface area contributed by atoms with Crippen LogP contribution in [0.3, 0.4) is 0 Å². The van der Waals surface area contributed by atoms with Gasteiger partial charge in [0.1, 0.15) is 5.69 Å². The summed E-state index contributed by atoms with van der Waals surface area (Å²) in [5.74, 6) is 0.0294. The van der Waals surface area contributed by atoms with Gasteiger partial charge >= 0.3 is 6.01 Å². The number of benzene rings is 1. The maximum atomic E-state index is 12.3. The van der Waals surface area contributed by atoms with Crippen LogP contribution in [0.2, 0.25) is 0 Å². The van der Waals surface area contributed by atoms with Crippen LogP contribution in [0.4, 0.5) is 6.01 Å². The molecule has 7 heteroatoms. The molecule has 1 amide bonds. The van der Waals surface area contributed by atoms with Crippen molar-refractivity contribution >= 4 is 11.9 Å². The van der Waals surface area contributed by atoms with Crippen LogP contribution < -0.4 is 5.32 Å². The van der Waals surface area contributed by atoms with Crippen molar-refractivity contribution in [3.8, 4) is 11.5 Å². The number of anilines is 1. The molecule has 0 aliphatic heterocycles. The molecule has 0 aliphatic carbocycles. The Balaban J connectivity index is 1.79. The van der Waals surface area contributed by atoms with Gasteiger partial charge in [-0.1, -0.05) is 23.3 Å². The minimum atomic E-state index is -0.328. The van der Waals surface area contributed by atoms with Crippen molar-refractivity contribution in [2.75, 3.05) is 5.32 Å². The van der Waals surface area contributed by atoms with Crippen LogP contribution in [0.25, 0.3) is 11.5 Å². The van der Waals surface area contributed by atoms with Gasteiger partial charge in [-0.3, -0.25) is 14.8 Å². The molecule has 3 aromatic rings. The third kappa shape index (κ3) is 2.73. The average Bonchev–Trinajstić information content (AvgIpc) is 3.14. The predicted octanol–water partition coefficient (Wildman–Crippen LogP) is 2.51. The Morgan fingerprint density at radius 1 is 1.27 bits per heavy atom. The Bertz CT molecular complexity index is 791. The van der Waals surface area contributed by atoms with Gasteiger partial charge in [-0.05, 0) is 32.0 Å². The molecule has 0 bridgehead atoms. The topological polar surface area (TPSA) is 85.8 Å². The van der Waals surface area contributed by atoms with E-state index in [-0.39, 0.29) is 11.9 Å². The summed E-state index contributed by atoms with van der Waals surface area (Å²) in [6.45, 7) is 4.36. The van der Waals surface area contributed by atoms with E-state index >= 15 is 0 Å². The van der Waals surface area contributed by atoms with Crippen molar-refractivity contribution in [2.24, 2.45) is 0 Å². The second-order valence-electron chi connectivity index (χ2n) is 4.72. The molecule has 0 saturated heterocycles. The molecule has 2 aromatic heterocycles. The monoisotopic (exact) mass is 297 g/mol. The van der Waals surface area contributed by atoms with Crippen molar-refractivity contribution in [1.82, 2.24) is 20.0 Å². The number of carbonyl (C=O) groups excluding carboxylic acids is 1. The second-order valence-corrected chi connectivity index (χ2v) is 4.72. The zero-order valence-corrected chi connectivity index (χ0v) is 12.3. The molecule has 22 heavy (non-hydrogen) atoms. The molecule has 3 rings (SSSR count). The molecule has 0 unspecified atom stereocenters. The summed E-state index contributed by atoms with van der Waals surface area (Å²) >= 11 is 0. The Morgan fingerprint density at radius 3 is 2.77 bits per heavy atom. The van der Waals surface area contributed by atoms with Crippen LogP contribution in [0.15, 0.2) is 40.8 Å². The molecule has 0 saturated carbocycles. The molecular formula is C15H15N5O2. The van der Waals surface area contributed by atoms with Crippen molar-refractivity contribution < 1.29 is 9.21 Å². The molecule has 0 spiro atoms. The molecule has 0 radical (unpaired) electrons. The number of hydrogen-bond acceptors (Lipinski definition) is 5. The summed E-state index contributed by atoms with van der Waals surface area (Å²) in [4.78, 5) is 12.3. The number of aryl methyl sites for hydroxylation is 2. The first kappa shape index (κ1) is 14.0. The van der Waals surface area contributed by atoms with Crippen LogP contribution in [-0.2, 0) is 6.54 Å². The second kappa shape index (κ2) is 5.80. The van der Waals surface area contributed by atoms with Gasteiger partial charge in [0, 0.05) is 12.1 Å². The van der Waals surface area contributed by atoms with Gasteiger partial charge in [0.15, 0.2) is 0 Å². The summed E-state index contributed by atoms with van der Waals surface area (Å²) in [6.07, 6.45) is 0. The zero-order chi connectivity index (χ0) is 15.5. The summed E-state index contributed by atoms with van der Waals surface area (Å²) in [5.41, 5.74) is 2.03. The highest BCUT2D eigenvalue weighted by molar-refractivity contribution is 6.01. The van der Waals surface area contributed by atoms with Crippen molar-refractivity contribution in [3.05, 3.63) is 47.8 Å². The Morgan fingerprint density at radius 2 is 2.05 bits per heavy atom. The number of rotatable bonds is 4. The molecule has 7 nitrogen and oxygen atoms in total. The lowest BCUT2D eigenvalue weighted by Gasteiger charge is -2.02. The number of nitrogens with one attached hydrogen (secondary N) is 1. The van der Waals surface area contributed by atoms with E-state index in [2.05, 4.69) is 20.6 Å². The molecule has 0 aliphatic rings. The smallest absolute Gasteiger partial charge is 0.322 e. The highest BCUT2D eigenvalue weighted by atomic mass is 16.4. The normalized spacial score (nSPS) is 10.6. The van der Waals surface area contributed by atoms with Gasteiger partial charge in [-0.2, -0.15) is 5.10 Å². The fourth-order valence-electron chi connectivity index (χ4n) is 2.10. The largest absolute Gasteiger partial charge is 0.403 e. The average molecular weight is 297 g/mol. The first-order valence-corrected chi connectivity index (χ1v) is 6.92. The summed E-state index contributed by atoms with van der Waals surface area (Å²) in [6, 6.07) is 11.1. The first-order valence-electron chi connectivity index (χ1n) is 6.92. The lowest BCUT2D eigenvalue weighted by Crippen LogP contribution is -2.17. The Hall–Kier alpha value is -2.96. The predicted molar refractivity (Wildman–Crippen MR) is 80.3 cm³/mol. The minimum Gasteiger partial charge on any atom is -0.403 e. The van der Waals surface area contributed by atoms with Crippen LogP contribution >= 0.6 is 0 Å². The summed E-state index contributed by atoms with van der Waals surface area (Å²) in [7, 11) is 0. The Kier molecular flexibility index (Phi) is 3.69. The van der Waals surface area contributed by atoms with Crippen molar-refractivity contribution in [2.45, 2.75) is 20.4 Å². The van der Waals surface area contributed by atoms with Crippen molar-refractivity contribution in [3.63, 3.8) is 0 Å². The van der Waals surface area contributed by atoms with Crippen LogP contribution in [0.1, 0.15) is 23.1 Å². The van der Waals surface area contributed by atoms with E-state index in [1.807, 2.05) is 44.2 Å². The highest BCUT2D eigenvalue weighted by Gasteiger charge is 2.16. The molecule has 1 aromatic carbocycles. The molecule has 112 valence electrons. The fraction of sp³-hybridized carbons (Fsp3) is 0.200. The van der Waals surface area contributed by atoms with Gasteiger partial charge < -0.3 is 4.42 Å². The maximum Gasteiger partial charge on any atom is 0.322 e. The number of carbonyl (C=O) groups is 1. The standard InChI is InChI=1S/C15H15N5O2/c1-3-20-12(9-10(2)19-20)13(21)16-15-18-17-14(22-15)11-7-5-4-6-8-11/h4-9H,3H2,1-2H3,(H,16,18,21). The Labute approximate surface area is 127 Å². The van der Waals surface area contributed by atoms with E-state index in [9.17, 15) is 4.79 Å². The van der Waals surface area contributed by atoms with Crippen LogP contribution in [0, 0.1) is 6.92 Å². The van der Waals surface area contributed by atoms with E-state index in [0.29, 0.717) is 18.1 Å². The third-order valence-corrected chi connectivity index (χ3v) is 3.10. The fourth-order valence-corrected chi connectivity index (χ4v) is 2.10. The molecule has 2 heterocycles. The third-order valence-electron chi connectivity index (χ3n) is 3.10. The number of amides is 1. The van der Waals surface area contributed by atoms with Gasteiger partial charge in [0.2, 0.25) is 5.89 Å². The van der Waals surface area contributed by atoms with E-state index in [0.717, 1.165) is 11.3 Å². The SMILES string of the molecule is CCn1nc(C)cc1C(=O)Nc1nnc(-c2ccccc2)o1. The molecule has 0 atom stereocenters. The van der Waals surface area contributed by atoms with Gasteiger partial charge in [-0.25, -0.2) is 0 Å². The lowest BCUT2D eigenvalue weighted by atomic mass is 10.2. The van der Waals surface area contributed by atoms with E-state index in [1.54, 1.807) is 10.7 Å². The lowest BCUT2D eigenvalue weighted by molar-refractivity contribution is 0.101. The van der Waals surface area contributed by atoms with Crippen LogP contribution in [0.5, 0.6) is 0 Å². The maximum absolute atomic E-state index is 12.3. The number of hydrogen-bond donors (Lipinski definition) is 1.